The van der Waals surface area contributed by atoms with Gasteiger partial charge in [0.15, 0.2) is 5.76 Å². The zero-order valence-electron chi connectivity index (χ0n) is 11.1. The fraction of sp³-hybridized carbons (Fsp3) is 0.286. The van der Waals surface area contributed by atoms with Crippen LogP contribution < -0.4 is 5.32 Å². The van der Waals surface area contributed by atoms with E-state index in [2.05, 4.69) is 26.2 Å². The van der Waals surface area contributed by atoms with Crippen LogP contribution in [0.25, 0.3) is 11.3 Å². The maximum Gasteiger partial charge on any atom is 0.256 e. The summed E-state index contributed by atoms with van der Waals surface area (Å²) in [5.74, 6) is 1.02. The summed E-state index contributed by atoms with van der Waals surface area (Å²) in [4.78, 5) is 15.7. The third kappa shape index (κ3) is 4.38. The van der Waals surface area contributed by atoms with Crippen LogP contribution in [0.2, 0.25) is 0 Å². The Hall–Kier alpha value is -1.27. The van der Waals surface area contributed by atoms with E-state index in [-0.39, 0.29) is 5.91 Å². The summed E-state index contributed by atoms with van der Waals surface area (Å²) in [5, 5.41) is 3.32. The van der Waals surface area contributed by atoms with E-state index in [0.29, 0.717) is 23.3 Å². The Morgan fingerprint density at radius 3 is 2.85 bits per heavy atom. The normalized spacial score (nSPS) is 10.5. The van der Waals surface area contributed by atoms with Crippen molar-refractivity contribution >= 4 is 33.6 Å². The van der Waals surface area contributed by atoms with Gasteiger partial charge in [-0.15, -0.1) is 0 Å². The summed E-state index contributed by atoms with van der Waals surface area (Å²) in [7, 11) is 0. The van der Waals surface area contributed by atoms with Crippen LogP contribution in [0.4, 0.5) is 0 Å². The van der Waals surface area contributed by atoms with Crippen molar-refractivity contribution < 1.29 is 9.21 Å². The fourth-order valence-electron chi connectivity index (χ4n) is 1.52. The summed E-state index contributed by atoms with van der Waals surface area (Å²) in [6, 6.07) is 7.80. The van der Waals surface area contributed by atoms with Gasteiger partial charge in [-0.2, -0.15) is 0 Å². The maximum absolute atomic E-state index is 11.5. The van der Waals surface area contributed by atoms with E-state index >= 15 is 0 Å². The molecular formula is C14H15BrN2O2S. The second-order valence-corrected chi connectivity index (χ2v) is 5.98. The lowest BCUT2D eigenvalue weighted by molar-refractivity contribution is -0.118. The average Bonchev–Trinajstić information content (AvgIpc) is 2.92. The van der Waals surface area contributed by atoms with Gasteiger partial charge in [0.1, 0.15) is 0 Å². The molecule has 2 rings (SSSR count). The van der Waals surface area contributed by atoms with Crippen LogP contribution >= 0.6 is 27.7 Å². The second kappa shape index (κ2) is 7.50. The molecule has 0 radical (unpaired) electrons. The molecule has 1 heterocycles. The highest BCUT2D eigenvalue weighted by atomic mass is 79.9. The van der Waals surface area contributed by atoms with Gasteiger partial charge < -0.3 is 9.73 Å². The van der Waals surface area contributed by atoms with E-state index in [4.69, 9.17) is 4.42 Å². The first-order chi connectivity index (χ1) is 9.69. The highest BCUT2D eigenvalue weighted by Crippen LogP contribution is 2.26. The minimum absolute atomic E-state index is 0.000224. The molecule has 20 heavy (non-hydrogen) atoms. The number of carbonyl (C=O) groups is 1. The molecule has 0 saturated heterocycles. The molecule has 2 aromatic rings. The van der Waals surface area contributed by atoms with Crippen molar-refractivity contribution in [2.45, 2.75) is 18.6 Å². The van der Waals surface area contributed by atoms with Gasteiger partial charge >= 0.3 is 0 Å². The number of halogens is 1. The van der Waals surface area contributed by atoms with Gasteiger partial charge in [-0.3, -0.25) is 4.79 Å². The zero-order chi connectivity index (χ0) is 14.4. The van der Waals surface area contributed by atoms with Crippen molar-refractivity contribution in [3.8, 4) is 11.3 Å². The number of oxazole rings is 1. The molecule has 6 heteroatoms. The molecule has 1 aromatic carbocycles. The number of benzene rings is 1. The Balaban J connectivity index is 1.92. The van der Waals surface area contributed by atoms with Crippen LogP contribution in [0.15, 0.2) is 44.6 Å². The SMILES string of the molecule is CCCNC(=O)CSc1ncc(-c2ccc(Br)cc2)o1. The van der Waals surface area contributed by atoms with Crippen LogP contribution in [0.3, 0.4) is 0 Å². The molecule has 4 nitrogen and oxygen atoms in total. The summed E-state index contributed by atoms with van der Waals surface area (Å²) >= 11 is 4.69. The third-order valence-corrected chi connectivity index (χ3v) is 3.88. The van der Waals surface area contributed by atoms with Crippen LogP contribution in [-0.2, 0) is 4.79 Å². The van der Waals surface area contributed by atoms with Gasteiger partial charge in [-0.25, -0.2) is 4.98 Å². The topological polar surface area (TPSA) is 55.1 Å². The van der Waals surface area contributed by atoms with Gasteiger partial charge in [0.2, 0.25) is 5.91 Å². The lowest BCUT2D eigenvalue weighted by Crippen LogP contribution is -2.25. The van der Waals surface area contributed by atoms with Crippen molar-refractivity contribution in [1.29, 1.82) is 0 Å². The number of amides is 1. The molecule has 0 spiro atoms. The zero-order valence-corrected chi connectivity index (χ0v) is 13.5. The van der Waals surface area contributed by atoms with E-state index in [1.165, 1.54) is 11.8 Å². The van der Waals surface area contributed by atoms with Crippen molar-refractivity contribution in [2.75, 3.05) is 12.3 Å². The first kappa shape index (κ1) is 15.1. The summed E-state index contributed by atoms with van der Waals surface area (Å²) < 4.78 is 6.64. The van der Waals surface area contributed by atoms with Gasteiger partial charge in [0, 0.05) is 16.6 Å². The minimum atomic E-state index is 0.000224. The standard InChI is InChI=1S/C14H15BrN2O2S/c1-2-7-16-13(18)9-20-14-17-8-12(19-14)10-3-5-11(15)6-4-10/h3-6,8H,2,7,9H2,1H3,(H,16,18). The molecule has 0 aliphatic rings. The number of carbonyl (C=O) groups excluding carboxylic acids is 1. The number of nitrogens with one attached hydrogen (secondary N) is 1. The van der Waals surface area contributed by atoms with Crippen molar-refractivity contribution in [2.24, 2.45) is 0 Å². The smallest absolute Gasteiger partial charge is 0.256 e. The Kier molecular flexibility index (Phi) is 5.67. The molecular weight excluding hydrogens is 340 g/mol. The van der Waals surface area contributed by atoms with Crippen molar-refractivity contribution in [3.05, 3.63) is 34.9 Å². The third-order valence-electron chi connectivity index (χ3n) is 2.51. The van der Waals surface area contributed by atoms with E-state index in [1.54, 1.807) is 6.20 Å². The molecule has 0 bridgehead atoms. The average molecular weight is 355 g/mol. The van der Waals surface area contributed by atoms with E-state index in [9.17, 15) is 4.79 Å². The number of aromatic nitrogens is 1. The van der Waals surface area contributed by atoms with Gasteiger partial charge in [0.05, 0.1) is 11.9 Å². The molecule has 0 atom stereocenters. The number of hydrogen-bond acceptors (Lipinski definition) is 4. The van der Waals surface area contributed by atoms with E-state index < -0.39 is 0 Å². The van der Waals surface area contributed by atoms with Gasteiger partial charge in [-0.1, -0.05) is 46.7 Å². The molecule has 1 N–H and O–H groups in total. The predicted octanol–water partition coefficient (Wildman–Crippen LogP) is 3.72. The first-order valence-electron chi connectivity index (χ1n) is 6.30. The molecule has 0 aliphatic carbocycles. The molecule has 0 fully saturated rings. The molecule has 106 valence electrons. The van der Waals surface area contributed by atoms with Crippen LogP contribution in [0.1, 0.15) is 13.3 Å². The van der Waals surface area contributed by atoms with Crippen LogP contribution in [0, 0.1) is 0 Å². The lowest BCUT2D eigenvalue weighted by Gasteiger charge is -2.00. The van der Waals surface area contributed by atoms with Crippen molar-refractivity contribution in [3.63, 3.8) is 0 Å². The Labute approximate surface area is 130 Å². The number of rotatable bonds is 6. The summed E-state index contributed by atoms with van der Waals surface area (Å²) in [6.07, 6.45) is 2.61. The molecule has 1 amide bonds. The van der Waals surface area contributed by atoms with Crippen LogP contribution in [-0.4, -0.2) is 23.2 Å². The lowest BCUT2D eigenvalue weighted by atomic mass is 10.2. The van der Waals surface area contributed by atoms with Crippen LogP contribution in [0.5, 0.6) is 0 Å². The predicted molar refractivity (Wildman–Crippen MR) is 83.7 cm³/mol. The Morgan fingerprint density at radius 2 is 2.15 bits per heavy atom. The monoisotopic (exact) mass is 354 g/mol. The van der Waals surface area contributed by atoms with Crippen molar-refractivity contribution in [1.82, 2.24) is 10.3 Å². The summed E-state index contributed by atoms with van der Waals surface area (Å²) in [6.45, 7) is 2.72. The summed E-state index contributed by atoms with van der Waals surface area (Å²) in [5.41, 5.74) is 0.961. The Bertz CT molecular complexity index is 569. The molecule has 1 aromatic heterocycles. The fourth-order valence-corrected chi connectivity index (χ4v) is 2.41. The number of nitrogens with zero attached hydrogens (tertiary/aromatic N) is 1. The highest BCUT2D eigenvalue weighted by molar-refractivity contribution is 9.10. The van der Waals surface area contributed by atoms with Gasteiger partial charge in [-0.05, 0) is 18.6 Å². The quantitative estimate of drug-likeness (QED) is 0.803. The highest BCUT2D eigenvalue weighted by Gasteiger charge is 2.09. The first-order valence-corrected chi connectivity index (χ1v) is 8.08. The van der Waals surface area contributed by atoms with E-state index in [1.807, 2.05) is 31.2 Å². The number of thioether (sulfide) groups is 1. The molecule has 0 saturated carbocycles. The Morgan fingerprint density at radius 1 is 1.40 bits per heavy atom. The second-order valence-electron chi connectivity index (χ2n) is 4.14. The molecule has 0 unspecified atom stereocenters. The largest absolute Gasteiger partial charge is 0.431 e. The van der Waals surface area contributed by atoms with Gasteiger partial charge in [0.25, 0.3) is 5.22 Å². The minimum Gasteiger partial charge on any atom is -0.431 e. The maximum atomic E-state index is 11.5. The van der Waals surface area contributed by atoms with E-state index in [0.717, 1.165) is 16.5 Å². The number of hydrogen-bond donors (Lipinski definition) is 1. The molecule has 0 aliphatic heterocycles.